The number of rotatable bonds is 4. The summed E-state index contributed by atoms with van der Waals surface area (Å²) in [6.07, 6.45) is 0.778. The summed E-state index contributed by atoms with van der Waals surface area (Å²) in [6, 6.07) is -0.366. The van der Waals surface area contributed by atoms with E-state index in [0.29, 0.717) is 12.5 Å². The van der Waals surface area contributed by atoms with E-state index in [4.69, 9.17) is 11.5 Å². The molecule has 1 unspecified atom stereocenters. The van der Waals surface area contributed by atoms with Crippen LogP contribution in [0.15, 0.2) is 0 Å². The van der Waals surface area contributed by atoms with Gasteiger partial charge < -0.3 is 16.8 Å². The Balaban J connectivity index is 3.79. The molecule has 0 aliphatic heterocycles. The smallest absolute Gasteiger partial charge is 0.312 e. The fraction of sp³-hybridized carbons (Fsp3) is 0.857. The van der Waals surface area contributed by atoms with Crippen LogP contribution in [-0.4, -0.2) is 18.6 Å². The zero-order chi connectivity index (χ0) is 8.85. The van der Waals surface area contributed by atoms with Crippen LogP contribution in [0.5, 0.6) is 0 Å². The van der Waals surface area contributed by atoms with Crippen LogP contribution < -0.4 is 16.8 Å². The van der Waals surface area contributed by atoms with Gasteiger partial charge in [0.15, 0.2) is 0 Å². The maximum absolute atomic E-state index is 10.5. The molecule has 0 aromatic rings. The van der Waals surface area contributed by atoms with Crippen molar-refractivity contribution in [3.63, 3.8) is 0 Å². The summed E-state index contributed by atoms with van der Waals surface area (Å²) in [4.78, 5) is 10.5. The van der Waals surface area contributed by atoms with E-state index < -0.39 is 6.03 Å². The molecule has 0 saturated carbocycles. The first-order chi connectivity index (χ1) is 5.07. The molecule has 0 spiro atoms. The molecule has 2 amide bonds. The summed E-state index contributed by atoms with van der Waals surface area (Å²) in [7, 11) is 0. The molecule has 0 fully saturated rings. The lowest BCUT2D eigenvalue weighted by Gasteiger charge is -2.20. The third kappa shape index (κ3) is 4.61. The number of urea groups is 1. The Kier molecular flexibility index (Phi) is 4.61. The quantitative estimate of drug-likeness (QED) is 0.541. The second-order valence-electron chi connectivity index (χ2n) is 2.94. The number of hydrogen-bond donors (Lipinski definition) is 3. The molecule has 4 heteroatoms. The van der Waals surface area contributed by atoms with Crippen LogP contribution in [0.4, 0.5) is 4.79 Å². The van der Waals surface area contributed by atoms with Crippen molar-refractivity contribution in [2.24, 2.45) is 17.4 Å². The van der Waals surface area contributed by atoms with Crippen LogP contribution in [0.25, 0.3) is 0 Å². The monoisotopic (exact) mass is 159 g/mol. The van der Waals surface area contributed by atoms with Crippen LogP contribution in [0, 0.1) is 5.92 Å². The number of carbonyl (C=O) groups is 1. The van der Waals surface area contributed by atoms with E-state index in [1.54, 1.807) is 0 Å². The van der Waals surface area contributed by atoms with Gasteiger partial charge in [-0.2, -0.15) is 0 Å². The minimum Gasteiger partial charge on any atom is -0.352 e. The Morgan fingerprint density at radius 3 is 2.36 bits per heavy atom. The van der Waals surface area contributed by atoms with Crippen molar-refractivity contribution >= 4 is 6.03 Å². The first kappa shape index (κ1) is 10.2. The lowest BCUT2D eigenvalue weighted by atomic mass is 10.0. The van der Waals surface area contributed by atoms with E-state index in [0.717, 1.165) is 6.42 Å². The normalized spacial score (nSPS) is 13.1. The average molecular weight is 159 g/mol. The number of carbonyl (C=O) groups excluding carboxylic acids is 1. The van der Waals surface area contributed by atoms with Gasteiger partial charge in [0.05, 0.1) is 0 Å². The third-order valence-electron chi connectivity index (χ3n) is 1.61. The van der Waals surface area contributed by atoms with Crippen LogP contribution in [0.3, 0.4) is 0 Å². The van der Waals surface area contributed by atoms with Crippen molar-refractivity contribution in [1.29, 1.82) is 0 Å². The second-order valence-corrected chi connectivity index (χ2v) is 2.94. The van der Waals surface area contributed by atoms with Gasteiger partial charge in [0.2, 0.25) is 0 Å². The maximum Gasteiger partial charge on any atom is 0.312 e. The van der Waals surface area contributed by atoms with E-state index >= 15 is 0 Å². The molecule has 0 aromatic carbocycles. The average Bonchev–Trinajstić information content (AvgIpc) is 1.86. The van der Waals surface area contributed by atoms with Crippen LogP contribution >= 0.6 is 0 Å². The molecule has 0 heterocycles. The number of hydrogen-bond acceptors (Lipinski definition) is 2. The highest BCUT2D eigenvalue weighted by Crippen LogP contribution is 2.03. The Hall–Kier alpha value is -0.770. The number of amides is 2. The number of primary amides is 1. The highest BCUT2D eigenvalue weighted by Gasteiger charge is 2.12. The van der Waals surface area contributed by atoms with Crippen molar-refractivity contribution in [2.45, 2.75) is 26.3 Å². The van der Waals surface area contributed by atoms with E-state index in [1.807, 2.05) is 13.8 Å². The van der Waals surface area contributed by atoms with Gasteiger partial charge in [-0.05, 0) is 18.9 Å². The summed E-state index contributed by atoms with van der Waals surface area (Å²) in [6.45, 7) is 4.62. The molecule has 66 valence electrons. The minimum atomic E-state index is -0.475. The van der Waals surface area contributed by atoms with E-state index in [-0.39, 0.29) is 6.04 Å². The SMILES string of the molecule is CC(C)C(CCN)NC(N)=O. The summed E-state index contributed by atoms with van der Waals surface area (Å²) in [5.41, 5.74) is 10.3. The van der Waals surface area contributed by atoms with Crippen molar-refractivity contribution in [3.8, 4) is 0 Å². The highest BCUT2D eigenvalue weighted by molar-refractivity contribution is 5.71. The molecule has 0 rings (SSSR count). The van der Waals surface area contributed by atoms with Crippen molar-refractivity contribution in [2.75, 3.05) is 6.54 Å². The number of nitrogens with one attached hydrogen (secondary N) is 1. The number of nitrogens with two attached hydrogens (primary N) is 2. The van der Waals surface area contributed by atoms with Gasteiger partial charge in [0.1, 0.15) is 0 Å². The Bertz CT molecular complexity index is 125. The standard InChI is InChI=1S/C7H17N3O/c1-5(2)6(3-4-8)10-7(9)11/h5-6H,3-4,8H2,1-2H3,(H3,9,10,11). The third-order valence-corrected chi connectivity index (χ3v) is 1.61. The molecule has 4 nitrogen and oxygen atoms in total. The Labute approximate surface area is 67.3 Å². The van der Waals surface area contributed by atoms with Crippen molar-refractivity contribution in [1.82, 2.24) is 5.32 Å². The molecule has 11 heavy (non-hydrogen) atoms. The molecule has 0 aliphatic rings. The first-order valence-electron chi connectivity index (χ1n) is 3.84. The first-order valence-corrected chi connectivity index (χ1v) is 3.84. The lowest BCUT2D eigenvalue weighted by molar-refractivity contribution is 0.240. The second kappa shape index (κ2) is 4.96. The van der Waals surface area contributed by atoms with E-state index in [9.17, 15) is 4.79 Å². The van der Waals surface area contributed by atoms with Crippen LogP contribution in [0.2, 0.25) is 0 Å². The topological polar surface area (TPSA) is 81.1 Å². The Morgan fingerprint density at radius 1 is 1.55 bits per heavy atom. The predicted octanol–water partition coefficient (Wildman–Crippen LogP) is 0.0281. The largest absolute Gasteiger partial charge is 0.352 e. The summed E-state index contributed by atoms with van der Waals surface area (Å²) in [5.74, 6) is 0.381. The molecule has 0 aliphatic carbocycles. The zero-order valence-electron chi connectivity index (χ0n) is 7.13. The predicted molar refractivity (Wildman–Crippen MR) is 45.0 cm³/mol. The molecule has 0 saturated heterocycles. The fourth-order valence-corrected chi connectivity index (χ4v) is 0.934. The van der Waals surface area contributed by atoms with Gasteiger partial charge in [-0.3, -0.25) is 0 Å². The van der Waals surface area contributed by atoms with E-state index in [2.05, 4.69) is 5.32 Å². The highest BCUT2D eigenvalue weighted by atomic mass is 16.2. The van der Waals surface area contributed by atoms with Gasteiger partial charge >= 0.3 is 6.03 Å². The van der Waals surface area contributed by atoms with Gasteiger partial charge in [0, 0.05) is 6.04 Å². The molecule has 0 bridgehead atoms. The van der Waals surface area contributed by atoms with Gasteiger partial charge in [-0.15, -0.1) is 0 Å². The zero-order valence-corrected chi connectivity index (χ0v) is 7.13. The van der Waals surface area contributed by atoms with Crippen molar-refractivity contribution < 1.29 is 4.79 Å². The molecule has 0 radical (unpaired) electrons. The van der Waals surface area contributed by atoms with Gasteiger partial charge in [0.25, 0.3) is 0 Å². The molecular formula is C7H17N3O. The molecular weight excluding hydrogens is 142 g/mol. The fourth-order valence-electron chi connectivity index (χ4n) is 0.934. The van der Waals surface area contributed by atoms with Gasteiger partial charge in [-0.1, -0.05) is 13.8 Å². The van der Waals surface area contributed by atoms with Crippen LogP contribution in [0.1, 0.15) is 20.3 Å². The van der Waals surface area contributed by atoms with Crippen LogP contribution in [-0.2, 0) is 0 Å². The van der Waals surface area contributed by atoms with Gasteiger partial charge in [-0.25, -0.2) is 4.79 Å². The van der Waals surface area contributed by atoms with Crippen molar-refractivity contribution in [3.05, 3.63) is 0 Å². The summed E-state index contributed by atoms with van der Waals surface area (Å²) < 4.78 is 0. The molecule has 1 atom stereocenters. The summed E-state index contributed by atoms with van der Waals surface area (Å²) in [5, 5.41) is 2.64. The summed E-state index contributed by atoms with van der Waals surface area (Å²) >= 11 is 0. The van der Waals surface area contributed by atoms with E-state index in [1.165, 1.54) is 0 Å². The minimum absolute atomic E-state index is 0.109. The molecule has 0 aromatic heterocycles. The Morgan fingerprint density at radius 2 is 2.09 bits per heavy atom. The molecule has 5 N–H and O–H groups in total. The maximum atomic E-state index is 10.5. The lowest BCUT2D eigenvalue weighted by Crippen LogP contribution is -2.42.